The third kappa shape index (κ3) is 3.47. The van der Waals surface area contributed by atoms with Gasteiger partial charge in [0.15, 0.2) is 5.69 Å². The third-order valence-corrected chi connectivity index (χ3v) is 5.92. The van der Waals surface area contributed by atoms with Gasteiger partial charge in [0.1, 0.15) is 5.75 Å². The molecule has 1 aromatic heterocycles. The Kier molecular flexibility index (Phi) is 5.16. The van der Waals surface area contributed by atoms with E-state index < -0.39 is 21.5 Å². The number of nitrogens with one attached hydrogen (secondary N) is 2. The van der Waals surface area contributed by atoms with Gasteiger partial charge < -0.3 is 10.1 Å². The fourth-order valence-corrected chi connectivity index (χ4v) is 3.55. The molecule has 146 valence electrons. The summed E-state index contributed by atoms with van der Waals surface area (Å²) in [6.45, 7) is 0. The Morgan fingerprint density at radius 1 is 1.14 bits per heavy atom. The lowest BCUT2D eigenvalue weighted by molar-refractivity contribution is 0.102. The average molecular weight is 402 g/mol. The van der Waals surface area contributed by atoms with Crippen LogP contribution in [0.3, 0.4) is 0 Å². The second-order valence-electron chi connectivity index (χ2n) is 6.05. The van der Waals surface area contributed by atoms with Crippen LogP contribution in [0.25, 0.3) is 10.8 Å². The van der Waals surface area contributed by atoms with Crippen LogP contribution in [0.2, 0.25) is 0 Å². The lowest BCUT2D eigenvalue weighted by atomic mass is 10.1. The van der Waals surface area contributed by atoms with Crippen molar-refractivity contribution in [2.24, 2.45) is 0 Å². The molecule has 1 amide bonds. The molecular weight excluding hydrogens is 384 g/mol. The van der Waals surface area contributed by atoms with Crippen molar-refractivity contribution in [3.63, 3.8) is 0 Å². The van der Waals surface area contributed by atoms with Crippen LogP contribution in [-0.4, -0.2) is 50.0 Å². The molecule has 2 aromatic carbocycles. The van der Waals surface area contributed by atoms with Crippen molar-refractivity contribution in [2.75, 3.05) is 26.5 Å². The van der Waals surface area contributed by atoms with Gasteiger partial charge in [0.2, 0.25) is 10.0 Å². The molecule has 0 aliphatic rings. The van der Waals surface area contributed by atoms with Crippen molar-refractivity contribution in [2.45, 2.75) is 4.90 Å². The predicted molar refractivity (Wildman–Crippen MR) is 104 cm³/mol. The number of anilines is 1. The van der Waals surface area contributed by atoms with Crippen LogP contribution < -0.4 is 15.6 Å². The number of rotatable bonds is 5. The van der Waals surface area contributed by atoms with E-state index in [1.807, 2.05) is 0 Å². The number of fused-ring (bicyclic) bond motifs is 1. The molecule has 0 bridgehead atoms. The summed E-state index contributed by atoms with van der Waals surface area (Å²) in [6.07, 6.45) is 0. The molecule has 0 radical (unpaired) electrons. The summed E-state index contributed by atoms with van der Waals surface area (Å²) < 4.78 is 31.0. The largest absolute Gasteiger partial charge is 0.495 e. The first-order chi connectivity index (χ1) is 13.3. The number of nitrogens with zero attached hydrogens (tertiary/aromatic N) is 2. The maximum absolute atomic E-state index is 12.8. The lowest BCUT2D eigenvalue weighted by Crippen LogP contribution is -2.23. The monoisotopic (exact) mass is 402 g/mol. The zero-order valence-electron chi connectivity index (χ0n) is 15.4. The number of sulfonamides is 1. The number of H-pyrrole nitrogens is 1. The van der Waals surface area contributed by atoms with Gasteiger partial charge in [0.25, 0.3) is 11.5 Å². The van der Waals surface area contributed by atoms with Gasteiger partial charge in [-0.1, -0.05) is 18.2 Å². The Morgan fingerprint density at radius 2 is 1.82 bits per heavy atom. The highest BCUT2D eigenvalue weighted by atomic mass is 32.2. The minimum absolute atomic E-state index is 0.00174. The Hall–Kier alpha value is -3.24. The van der Waals surface area contributed by atoms with E-state index in [0.29, 0.717) is 10.8 Å². The van der Waals surface area contributed by atoms with Gasteiger partial charge in [0, 0.05) is 19.5 Å². The summed E-state index contributed by atoms with van der Waals surface area (Å²) >= 11 is 0. The first kappa shape index (κ1) is 19.5. The highest BCUT2D eigenvalue weighted by molar-refractivity contribution is 7.89. The highest BCUT2D eigenvalue weighted by Crippen LogP contribution is 2.29. The Balaban J connectivity index is 2.06. The predicted octanol–water partition coefficient (Wildman–Crippen LogP) is 1.43. The van der Waals surface area contributed by atoms with Crippen LogP contribution in [0.1, 0.15) is 10.5 Å². The van der Waals surface area contributed by atoms with Gasteiger partial charge in [-0.15, -0.1) is 0 Å². The molecule has 0 aliphatic carbocycles. The van der Waals surface area contributed by atoms with Gasteiger partial charge in [-0.3, -0.25) is 9.59 Å². The molecule has 9 nitrogen and oxygen atoms in total. The lowest BCUT2D eigenvalue weighted by Gasteiger charge is -2.15. The molecule has 0 saturated carbocycles. The molecule has 28 heavy (non-hydrogen) atoms. The number of benzene rings is 2. The number of aromatic amines is 1. The summed E-state index contributed by atoms with van der Waals surface area (Å²) in [5.41, 5.74) is -0.255. The van der Waals surface area contributed by atoms with Crippen LogP contribution in [-0.2, 0) is 10.0 Å². The van der Waals surface area contributed by atoms with E-state index in [1.165, 1.54) is 39.4 Å². The number of methoxy groups -OCH3 is 1. The summed E-state index contributed by atoms with van der Waals surface area (Å²) in [5, 5.41) is 9.43. The molecule has 10 heteroatoms. The summed E-state index contributed by atoms with van der Waals surface area (Å²) in [6, 6.07) is 10.7. The maximum atomic E-state index is 12.8. The second-order valence-corrected chi connectivity index (χ2v) is 8.20. The molecule has 2 N–H and O–H groups in total. The Labute approximate surface area is 161 Å². The van der Waals surface area contributed by atoms with Gasteiger partial charge in [-0.2, -0.15) is 5.10 Å². The van der Waals surface area contributed by atoms with Crippen molar-refractivity contribution in [1.29, 1.82) is 0 Å². The fourth-order valence-electron chi connectivity index (χ4n) is 2.63. The van der Waals surface area contributed by atoms with Crippen molar-refractivity contribution in [3.05, 3.63) is 58.5 Å². The summed E-state index contributed by atoms with van der Waals surface area (Å²) in [5.74, 6) is -0.343. The first-order valence-electron chi connectivity index (χ1n) is 8.15. The molecule has 0 saturated heterocycles. The van der Waals surface area contributed by atoms with Gasteiger partial charge in [-0.05, 0) is 24.3 Å². The van der Waals surface area contributed by atoms with E-state index in [0.717, 1.165) is 4.31 Å². The van der Waals surface area contributed by atoms with Crippen LogP contribution in [0.15, 0.2) is 52.2 Å². The van der Waals surface area contributed by atoms with E-state index >= 15 is 0 Å². The SMILES string of the molecule is COc1ccc(S(=O)(=O)N(C)C)cc1NC(=O)c1n[nH]c(=O)c2ccccc12. The van der Waals surface area contributed by atoms with Crippen molar-refractivity contribution in [3.8, 4) is 5.75 Å². The average Bonchev–Trinajstić information content (AvgIpc) is 2.68. The first-order valence-corrected chi connectivity index (χ1v) is 9.59. The number of aromatic nitrogens is 2. The highest BCUT2D eigenvalue weighted by Gasteiger charge is 2.21. The van der Waals surface area contributed by atoms with E-state index in [-0.39, 0.29) is 22.0 Å². The molecule has 0 unspecified atom stereocenters. The summed E-state index contributed by atoms with van der Waals surface area (Å²) in [4.78, 5) is 24.7. The second kappa shape index (κ2) is 7.41. The van der Waals surface area contributed by atoms with Crippen LogP contribution in [0.5, 0.6) is 5.75 Å². The van der Waals surface area contributed by atoms with Gasteiger partial charge >= 0.3 is 0 Å². The molecular formula is C18H18N4O5S. The number of carbonyl (C=O) groups excluding carboxylic acids is 1. The van der Waals surface area contributed by atoms with E-state index in [9.17, 15) is 18.0 Å². The maximum Gasteiger partial charge on any atom is 0.276 e. The van der Waals surface area contributed by atoms with Gasteiger partial charge in [0.05, 0.1) is 23.1 Å². The quantitative estimate of drug-likeness (QED) is 0.666. The minimum atomic E-state index is -3.70. The molecule has 0 atom stereocenters. The van der Waals surface area contributed by atoms with Crippen molar-refractivity contribution in [1.82, 2.24) is 14.5 Å². The minimum Gasteiger partial charge on any atom is -0.495 e. The molecule has 3 aromatic rings. The standard InChI is InChI=1S/C18H18N4O5S/c1-22(2)28(25,26)11-8-9-15(27-3)14(10-11)19-18(24)16-12-6-4-5-7-13(12)17(23)21-20-16/h4-10H,1-3H3,(H,19,24)(H,21,23). The normalized spacial score (nSPS) is 11.6. The van der Waals surface area contributed by atoms with E-state index in [4.69, 9.17) is 4.74 Å². The van der Waals surface area contributed by atoms with Gasteiger partial charge in [-0.25, -0.2) is 17.8 Å². The molecule has 0 spiro atoms. The smallest absolute Gasteiger partial charge is 0.276 e. The third-order valence-electron chi connectivity index (χ3n) is 4.11. The topological polar surface area (TPSA) is 121 Å². The Bertz CT molecular complexity index is 1220. The molecule has 1 heterocycles. The van der Waals surface area contributed by atoms with Crippen LogP contribution in [0, 0.1) is 0 Å². The molecule has 3 rings (SSSR count). The zero-order chi connectivity index (χ0) is 20.5. The number of amides is 1. The number of hydrogen-bond donors (Lipinski definition) is 2. The van der Waals surface area contributed by atoms with Crippen molar-refractivity contribution < 1.29 is 17.9 Å². The number of hydrogen-bond acceptors (Lipinski definition) is 6. The molecule has 0 fully saturated rings. The van der Waals surface area contributed by atoms with E-state index in [1.54, 1.807) is 24.3 Å². The zero-order valence-corrected chi connectivity index (χ0v) is 16.2. The van der Waals surface area contributed by atoms with Crippen LogP contribution >= 0.6 is 0 Å². The Morgan fingerprint density at radius 3 is 2.46 bits per heavy atom. The number of carbonyl (C=O) groups is 1. The molecule has 0 aliphatic heterocycles. The summed E-state index contributed by atoms with van der Waals surface area (Å²) in [7, 11) is 0.522. The number of ether oxygens (including phenoxy) is 1. The van der Waals surface area contributed by atoms with Crippen LogP contribution in [0.4, 0.5) is 5.69 Å². The fraction of sp³-hybridized carbons (Fsp3) is 0.167. The van der Waals surface area contributed by atoms with Crippen molar-refractivity contribution >= 4 is 32.4 Å². The van der Waals surface area contributed by atoms with E-state index in [2.05, 4.69) is 15.5 Å².